The molecule has 2 aliphatic carbocycles. The van der Waals surface area contributed by atoms with Gasteiger partial charge in [-0.05, 0) is 56.3 Å². The highest BCUT2D eigenvalue weighted by atomic mass is 16.6. The van der Waals surface area contributed by atoms with Gasteiger partial charge in [-0.1, -0.05) is 48.0 Å². The molecule has 31 heavy (non-hydrogen) atoms. The Balaban J connectivity index is 1.80. The molecule has 0 aromatic rings. The standard InChI is InChI=1S/C25H40O6/c1-8-10-29-21(27)25-13-16-11-17(25)19(31-22(25)28)18(12-16)30-20(26)24(7,15(3)4)14-23(5,6)9-2/h15-19H,8-14H2,1-7H3. The summed E-state index contributed by atoms with van der Waals surface area (Å²) in [5.41, 5.74) is -1.82. The van der Waals surface area contributed by atoms with Crippen LogP contribution in [-0.4, -0.2) is 36.7 Å². The summed E-state index contributed by atoms with van der Waals surface area (Å²) in [6, 6.07) is 0. The van der Waals surface area contributed by atoms with Gasteiger partial charge in [0.2, 0.25) is 0 Å². The molecule has 6 heteroatoms. The van der Waals surface area contributed by atoms with Gasteiger partial charge in [-0.25, -0.2) is 0 Å². The van der Waals surface area contributed by atoms with E-state index in [0.717, 1.165) is 19.3 Å². The lowest BCUT2D eigenvalue weighted by molar-refractivity contribution is -0.181. The Morgan fingerprint density at radius 2 is 1.87 bits per heavy atom. The fraction of sp³-hybridized carbons (Fsp3) is 0.880. The van der Waals surface area contributed by atoms with Crippen LogP contribution in [0, 0.1) is 34.0 Å². The van der Waals surface area contributed by atoms with Gasteiger partial charge in [0.1, 0.15) is 12.2 Å². The highest BCUT2D eigenvalue weighted by molar-refractivity contribution is 6.02. The van der Waals surface area contributed by atoms with E-state index < -0.39 is 35.0 Å². The van der Waals surface area contributed by atoms with Gasteiger partial charge in [-0.2, -0.15) is 0 Å². The van der Waals surface area contributed by atoms with Crippen molar-refractivity contribution in [3.8, 4) is 0 Å². The van der Waals surface area contributed by atoms with E-state index in [9.17, 15) is 14.4 Å². The molecule has 0 spiro atoms. The van der Waals surface area contributed by atoms with Crippen LogP contribution >= 0.6 is 0 Å². The van der Waals surface area contributed by atoms with E-state index in [1.807, 2.05) is 13.8 Å². The molecule has 3 fully saturated rings. The van der Waals surface area contributed by atoms with Crippen LogP contribution in [0.1, 0.15) is 87.0 Å². The molecule has 0 aromatic carbocycles. The topological polar surface area (TPSA) is 78.9 Å². The molecule has 0 N–H and O–H groups in total. The lowest BCUT2D eigenvalue weighted by atomic mass is 9.67. The number of rotatable bonds is 9. The average Bonchev–Trinajstić information content (AvgIpc) is 3.17. The van der Waals surface area contributed by atoms with E-state index in [4.69, 9.17) is 14.2 Å². The van der Waals surface area contributed by atoms with Crippen molar-refractivity contribution in [2.75, 3.05) is 6.61 Å². The van der Waals surface area contributed by atoms with Gasteiger partial charge in [0.05, 0.1) is 12.0 Å². The Labute approximate surface area is 186 Å². The molecule has 2 bridgehead atoms. The summed E-state index contributed by atoms with van der Waals surface area (Å²) in [6.45, 7) is 14.8. The van der Waals surface area contributed by atoms with Gasteiger partial charge < -0.3 is 14.2 Å². The van der Waals surface area contributed by atoms with Crippen molar-refractivity contribution in [3.63, 3.8) is 0 Å². The van der Waals surface area contributed by atoms with Gasteiger partial charge in [0.25, 0.3) is 0 Å². The van der Waals surface area contributed by atoms with Crippen LogP contribution in [0.25, 0.3) is 0 Å². The van der Waals surface area contributed by atoms with Crippen LogP contribution in [0.3, 0.4) is 0 Å². The van der Waals surface area contributed by atoms with Crippen molar-refractivity contribution in [1.29, 1.82) is 0 Å². The lowest BCUT2D eigenvalue weighted by Crippen LogP contribution is -2.46. The van der Waals surface area contributed by atoms with Crippen molar-refractivity contribution in [2.24, 2.45) is 34.0 Å². The fourth-order valence-corrected chi connectivity index (χ4v) is 5.85. The molecule has 1 heterocycles. The van der Waals surface area contributed by atoms with Gasteiger partial charge in [-0.15, -0.1) is 0 Å². The zero-order valence-corrected chi connectivity index (χ0v) is 20.3. The first-order chi connectivity index (χ1) is 14.4. The Bertz CT molecular complexity index is 728. The summed E-state index contributed by atoms with van der Waals surface area (Å²) in [4.78, 5) is 39.2. The summed E-state index contributed by atoms with van der Waals surface area (Å²) in [7, 11) is 0. The average molecular weight is 437 g/mol. The van der Waals surface area contributed by atoms with E-state index in [0.29, 0.717) is 25.9 Å². The highest BCUT2D eigenvalue weighted by Crippen LogP contribution is 2.60. The Kier molecular flexibility index (Phi) is 6.52. The second-order valence-corrected chi connectivity index (χ2v) is 11.3. The zero-order chi connectivity index (χ0) is 23.2. The van der Waals surface area contributed by atoms with Crippen LogP contribution in [-0.2, 0) is 28.6 Å². The summed E-state index contributed by atoms with van der Waals surface area (Å²) < 4.78 is 17.2. The monoisotopic (exact) mass is 436 g/mol. The molecule has 3 rings (SSSR count). The van der Waals surface area contributed by atoms with E-state index in [-0.39, 0.29) is 29.1 Å². The second-order valence-electron chi connectivity index (χ2n) is 11.3. The van der Waals surface area contributed by atoms with Gasteiger partial charge >= 0.3 is 17.9 Å². The molecule has 6 unspecified atom stereocenters. The molecular formula is C25H40O6. The zero-order valence-electron chi connectivity index (χ0n) is 20.3. The first kappa shape index (κ1) is 24.1. The van der Waals surface area contributed by atoms with Crippen molar-refractivity contribution in [2.45, 2.75) is 99.2 Å². The largest absolute Gasteiger partial charge is 0.465 e. The van der Waals surface area contributed by atoms with Gasteiger partial charge in [-0.3, -0.25) is 14.4 Å². The summed E-state index contributed by atoms with van der Waals surface area (Å²) >= 11 is 0. The van der Waals surface area contributed by atoms with Crippen molar-refractivity contribution >= 4 is 17.9 Å². The van der Waals surface area contributed by atoms with Crippen molar-refractivity contribution in [1.82, 2.24) is 0 Å². The second kappa shape index (κ2) is 8.40. The molecule has 176 valence electrons. The first-order valence-electron chi connectivity index (χ1n) is 12.0. The predicted octanol–water partition coefficient (Wildman–Crippen LogP) is 4.68. The summed E-state index contributed by atoms with van der Waals surface area (Å²) in [5.74, 6) is -1.17. The number of hydrogen-bond acceptors (Lipinski definition) is 6. The van der Waals surface area contributed by atoms with E-state index in [1.165, 1.54) is 0 Å². The van der Waals surface area contributed by atoms with Crippen molar-refractivity contribution in [3.05, 3.63) is 0 Å². The minimum absolute atomic E-state index is 0.0155. The molecule has 0 amide bonds. The fourth-order valence-electron chi connectivity index (χ4n) is 5.85. The molecule has 1 saturated heterocycles. The lowest BCUT2D eigenvalue weighted by Gasteiger charge is -2.40. The third-order valence-electron chi connectivity index (χ3n) is 8.37. The molecule has 1 aliphatic heterocycles. The minimum Gasteiger partial charge on any atom is -0.465 e. The third-order valence-corrected chi connectivity index (χ3v) is 8.37. The smallest absolute Gasteiger partial charge is 0.324 e. The molecule has 3 aliphatic rings. The van der Waals surface area contributed by atoms with Crippen LogP contribution in [0.15, 0.2) is 0 Å². The maximum Gasteiger partial charge on any atom is 0.324 e. The normalized spacial score (nSPS) is 33.7. The van der Waals surface area contributed by atoms with Crippen LogP contribution < -0.4 is 0 Å². The summed E-state index contributed by atoms with van der Waals surface area (Å²) in [6.07, 6.45) is 3.17. The van der Waals surface area contributed by atoms with E-state index in [1.54, 1.807) is 0 Å². The molecule has 6 nitrogen and oxygen atoms in total. The SMILES string of the molecule is CCCOC(=O)C12CC3CC(OC(=O)C(C)(CC(C)(C)CC)C(C)C)C(OC1=O)C2C3. The summed E-state index contributed by atoms with van der Waals surface area (Å²) in [5, 5.41) is 0. The predicted molar refractivity (Wildman–Crippen MR) is 116 cm³/mol. The van der Waals surface area contributed by atoms with E-state index >= 15 is 0 Å². The maximum absolute atomic E-state index is 13.5. The first-order valence-corrected chi connectivity index (χ1v) is 12.0. The number of fused-ring (bicyclic) bond motifs is 1. The number of ether oxygens (including phenoxy) is 3. The Morgan fingerprint density at radius 1 is 1.19 bits per heavy atom. The molecule has 2 saturated carbocycles. The minimum atomic E-state index is -1.21. The van der Waals surface area contributed by atoms with Crippen LogP contribution in [0.5, 0.6) is 0 Å². The van der Waals surface area contributed by atoms with E-state index in [2.05, 4.69) is 34.6 Å². The van der Waals surface area contributed by atoms with Gasteiger partial charge in [0.15, 0.2) is 5.41 Å². The Hall–Kier alpha value is -1.59. The number of carbonyl (C=O) groups is 3. The number of carbonyl (C=O) groups excluding carboxylic acids is 3. The maximum atomic E-state index is 13.5. The third kappa shape index (κ3) is 4.00. The molecular weight excluding hydrogens is 396 g/mol. The number of esters is 3. The van der Waals surface area contributed by atoms with Crippen molar-refractivity contribution < 1.29 is 28.6 Å². The molecule has 0 radical (unpaired) electrons. The Morgan fingerprint density at radius 3 is 2.45 bits per heavy atom. The van der Waals surface area contributed by atoms with Gasteiger partial charge in [0, 0.05) is 5.92 Å². The highest BCUT2D eigenvalue weighted by Gasteiger charge is 2.71. The van der Waals surface area contributed by atoms with Crippen LogP contribution in [0.2, 0.25) is 0 Å². The molecule has 0 aromatic heterocycles. The van der Waals surface area contributed by atoms with Crippen LogP contribution in [0.4, 0.5) is 0 Å². The molecule has 6 atom stereocenters. The number of hydrogen-bond donors (Lipinski definition) is 0. The quantitative estimate of drug-likeness (QED) is 0.297.